The van der Waals surface area contributed by atoms with E-state index in [1.807, 2.05) is 12.4 Å². The van der Waals surface area contributed by atoms with Crippen LogP contribution in [0.2, 0.25) is 0 Å². The van der Waals surface area contributed by atoms with Crippen LogP contribution in [-0.2, 0) is 6.42 Å². The van der Waals surface area contributed by atoms with Gasteiger partial charge in [0.15, 0.2) is 0 Å². The van der Waals surface area contributed by atoms with Gasteiger partial charge in [0.2, 0.25) is 0 Å². The van der Waals surface area contributed by atoms with Crippen molar-refractivity contribution in [3.63, 3.8) is 0 Å². The van der Waals surface area contributed by atoms with Gasteiger partial charge in [0.25, 0.3) is 5.91 Å². The Morgan fingerprint density at radius 2 is 2.17 bits per heavy atom. The minimum atomic E-state index is -0.0167. The first-order chi connectivity index (χ1) is 8.27. The summed E-state index contributed by atoms with van der Waals surface area (Å²) >= 11 is 1.50. The molecule has 102 valence electrons. The first-order valence-electron chi connectivity index (χ1n) is 6.19. The van der Waals surface area contributed by atoms with Crippen LogP contribution in [0.4, 0.5) is 0 Å². The van der Waals surface area contributed by atoms with Crippen LogP contribution in [0.3, 0.4) is 0 Å². The van der Waals surface area contributed by atoms with Crippen LogP contribution in [0.1, 0.15) is 43.2 Å². The first-order valence-corrected chi connectivity index (χ1v) is 7.07. The van der Waals surface area contributed by atoms with Crippen molar-refractivity contribution < 1.29 is 4.79 Å². The molecule has 18 heavy (non-hydrogen) atoms. The standard InChI is InChI=1S/C13H23N3OS/c1-9(13(2,3)4)16(5)12(17)10-8-18-11(15-10)6-7-14/h8-9H,6-7,14H2,1-5H3. The molecule has 2 N–H and O–H groups in total. The Hall–Kier alpha value is -0.940. The van der Waals surface area contributed by atoms with Gasteiger partial charge in [0.1, 0.15) is 5.69 Å². The van der Waals surface area contributed by atoms with Crippen molar-refractivity contribution in [2.45, 2.75) is 40.2 Å². The van der Waals surface area contributed by atoms with Crippen molar-refractivity contribution in [3.8, 4) is 0 Å². The maximum atomic E-state index is 12.3. The van der Waals surface area contributed by atoms with Crippen molar-refractivity contribution in [1.29, 1.82) is 0 Å². The van der Waals surface area contributed by atoms with Gasteiger partial charge in [-0.15, -0.1) is 11.3 Å². The van der Waals surface area contributed by atoms with Gasteiger partial charge in [-0.1, -0.05) is 20.8 Å². The molecule has 1 unspecified atom stereocenters. The van der Waals surface area contributed by atoms with E-state index >= 15 is 0 Å². The average molecular weight is 269 g/mol. The molecule has 0 spiro atoms. The zero-order chi connectivity index (χ0) is 13.9. The van der Waals surface area contributed by atoms with Crippen molar-refractivity contribution >= 4 is 17.2 Å². The molecule has 0 fully saturated rings. The number of thiazole rings is 1. The first kappa shape index (κ1) is 15.1. The van der Waals surface area contributed by atoms with E-state index in [0.717, 1.165) is 11.4 Å². The minimum Gasteiger partial charge on any atom is -0.337 e. The van der Waals surface area contributed by atoms with Crippen LogP contribution >= 0.6 is 11.3 Å². The Bertz CT molecular complexity index is 409. The third-order valence-electron chi connectivity index (χ3n) is 3.28. The Balaban J connectivity index is 2.80. The fraction of sp³-hybridized carbons (Fsp3) is 0.692. The van der Waals surface area contributed by atoms with Crippen LogP contribution in [0, 0.1) is 5.41 Å². The number of hydrogen-bond acceptors (Lipinski definition) is 4. The van der Waals surface area contributed by atoms with E-state index in [4.69, 9.17) is 5.73 Å². The molecular formula is C13H23N3OS. The zero-order valence-electron chi connectivity index (χ0n) is 11.9. The van der Waals surface area contributed by atoms with E-state index in [0.29, 0.717) is 12.2 Å². The Morgan fingerprint density at radius 3 is 2.67 bits per heavy atom. The number of carbonyl (C=O) groups excluding carboxylic acids is 1. The lowest BCUT2D eigenvalue weighted by atomic mass is 9.87. The van der Waals surface area contributed by atoms with Gasteiger partial charge in [-0.2, -0.15) is 0 Å². The lowest BCUT2D eigenvalue weighted by Crippen LogP contribution is -2.43. The second-order valence-corrected chi connectivity index (χ2v) is 6.57. The molecule has 5 heteroatoms. The van der Waals surface area contributed by atoms with Gasteiger partial charge in [-0.3, -0.25) is 4.79 Å². The quantitative estimate of drug-likeness (QED) is 0.911. The van der Waals surface area contributed by atoms with Gasteiger partial charge in [0, 0.05) is 24.9 Å². The maximum absolute atomic E-state index is 12.3. The van der Waals surface area contributed by atoms with Crippen LogP contribution in [0.25, 0.3) is 0 Å². The van der Waals surface area contributed by atoms with Gasteiger partial charge >= 0.3 is 0 Å². The molecule has 1 aromatic heterocycles. The largest absolute Gasteiger partial charge is 0.337 e. The lowest BCUT2D eigenvalue weighted by Gasteiger charge is -2.35. The lowest BCUT2D eigenvalue weighted by molar-refractivity contribution is 0.0624. The molecule has 0 aliphatic carbocycles. The second kappa shape index (κ2) is 5.80. The third-order valence-corrected chi connectivity index (χ3v) is 4.19. The number of rotatable bonds is 4. The molecular weight excluding hydrogens is 246 g/mol. The molecule has 4 nitrogen and oxygen atoms in total. The Morgan fingerprint density at radius 1 is 1.56 bits per heavy atom. The molecule has 1 amide bonds. The predicted molar refractivity (Wildman–Crippen MR) is 75.9 cm³/mol. The van der Waals surface area contributed by atoms with Gasteiger partial charge < -0.3 is 10.6 Å². The summed E-state index contributed by atoms with van der Waals surface area (Å²) in [6, 6.07) is 0.157. The fourth-order valence-electron chi connectivity index (χ4n) is 1.58. The summed E-state index contributed by atoms with van der Waals surface area (Å²) in [4.78, 5) is 18.4. The highest BCUT2D eigenvalue weighted by Crippen LogP contribution is 2.24. The molecule has 0 aromatic carbocycles. The minimum absolute atomic E-state index is 0.0167. The zero-order valence-corrected chi connectivity index (χ0v) is 12.7. The molecule has 1 heterocycles. The number of nitrogens with zero attached hydrogens (tertiary/aromatic N) is 2. The molecule has 1 atom stereocenters. The number of carbonyl (C=O) groups is 1. The average Bonchev–Trinajstić information content (AvgIpc) is 2.74. The molecule has 0 radical (unpaired) electrons. The van der Waals surface area contributed by atoms with Gasteiger partial charge in [0.05, 0.1) is 5.01 Å². The van der Waals surface area contributed by atoms with Crippen LogP contribution in [0.15, 0.2) is 5.38 Å². The summed E-state index contributed by atoms with van der Waals surface area (Å²) in [5, 5.41) is 2.75. The molecule has 1 aromatic rings. The van der Waals surface area contributed by atoms with E-state index in [1.54, 1.807) is 4.90 Å². The topological polar surface area (TPSA) is 59.2 Å². The molecule has 0 aliphatic heterocycles. The predicted octanol–water partition coefficient (Wildman–Crippen LogP) is 2.15. The van der Waals surface area contributed by atoms with E-state index in [2.05, 4.69) is 32.7 Å². The third kappa shape index (κ3) is 3.53. The van der Waals surface area contributed by atoms with Crippen LogP contribution < -0.4 is 5.73 Å². The highest BCUT2D eigenvalue weighted by molar-refractivity contribution is 7.09. The van der Waals surface area contributed by atoms with Crippen molar-refractivity contribution in [2.75, 3.05) is 13.6 Å². The highest BCUT2D eigenvalue weighted by Gasteiger charge is 2.28. The molecule has 0 saturated heterocycles. The van der Waals surface area contributed by atoms with E-state index in [1.165, 1.54) is 11.3 Å². The smallest absolute Gasteiger partial charge is 0.273 e. The number of hydrogen-bond donors (Lipinski definition) is 1. The highest BCUT2D eigenvalue weighted by atomic mass is 32.1. The van der Waals surface area contributed by atoms with Gasteiger partial charge in [-0.05, 0) is 18.9 Å². The van der Waals surface area contributed by atoms with Gasteiger partial charge in [-0.25, -0.2) is 4.98 Å². The van der Waals surface area contributed by atoms with Crippen molar-refractivity contribution in [1.82, 2.24) is 9.88 Å². The fourth-order valence-corrected chi connectivity index (χ4v) is 2.37. The summed E-state index contributed by atoms with van der Waals surface area (Å²) in [5.41, 5.74) is 6.07. The Kier molecular flexibility index (Phi) is 4.87. The maximum Gasteiger partial charge on any atom is 0.273 e. The van der Waals surface area contributed by atoms with E-state index < -0.39 is 0 Å². The normalized spacial score (nSPS) is 13.4. The summed E-state index contributed by atoms with van der Waals surface area (Å²) in [6.07, 6.45) is 0.733. The SMILES string of the molecule is CC(N(C)C(=O)c1csc(CCN)n1)C(C)(C)C. The summed E-state index contributed by atoms with van der Waals surface area (Å²) in [7, 11) is 1.83. The van der Waals surface area contributed by atoms with E-state index in [9.17, 15) is 4.79 Å². The summed E-state index contributed by atoms with van der Waals surface area (Å²) in [6.45, 7) is 9.01. The van der Waals surface area contributed by atoms with Crippen molar-refractivity contribution in [2.24, 2.45) is 11.1 Å². The Labute approximate surface area is 113 Å². The molecule has 0 bridgehead atoms. The van der Waals surface area contributed by atoms with Crippen LogP contribution in [-0.4, -0.2) is 35.4 Å². The molecule has 0 aliphatic rings. The number of nitrogens with two attached hydrogens (primary N) is 1. The van der Waals surface area contributed by atoms with Crippen molar-refractivity contribution in [3.05, 3.63) is 16.1 Å². The number of aromatic nitrogens is 1. The second-order valence-electron chi connectivity index (χ2n) is 5.62. The van der Waals surface area contributed by atoms with E-state index in [-0.39, 0.29) is 17.4 Å². The molecule has 0 saturated carbocycles. The van der Waals surface area contributed by atoms with Crippen LogP contribution in [0.5, 0.6) is 0 Å². The molecule has 1 rings (SSSR count). The number of amides is 1. The monoisotopic (exact) mass is 269 g/mol. The summed E-state index contributed by atoms with van der Waals surface area (Å²) < 4.78 is 0. The summed E-state index contributed by atoms with van der Waals surface area (Å²) in [5.74, 6) is -0.0167.